The number of Topliss-reactive ketones (excluding diaryl/α,β-unsaturated/α-hetero) is 3. The molecule has 0 spiro atoms. The Bertz CT molecular complexity index is 1040. The first-order valence-corrected chi connectivity index (χ1v) is 14.8. The van der Waals surface area contributed by atoms with Crippen LogP contribution in [0.2, 0.25) is 0 Å². The van der Waals surface area contributed by atoms with E-state index < -0.39 is 30.3 Å². The molecule has 3 atom stereocenters. The van der Waals surface area contributed by atoms with Crippen molar-refractivity contribution in [1.29, 1.82) is 0 Å². The lowest BCUT2D eigenvalue weighted by molar-refractivity contribution is -0.143. The van der Waals surface area contributed by atoms with Crippen LogP contribution in [0.5, 0.6) is 0 Å². The third kappa shape index (κ3) is 8.95. The van der Waals surface area contributed by atoms with Crippen molar-refractivity contribution in [2.75, 3.05) is 19.8 Å². The molecule has 1 saturated heterocycles. The minimum absolute atomic E-state index is 0.0642. The lowest BCUT2D eigenvalue weighted by Crippen LogP contribution is -2.46. The average molecular weight is 608 g/mol. The molecule has 0 radical (unpaired) electrons. The van der Waals surface area contributed by atoms with Gasteiger partial charge in [0.2, 0.25) is 5.91 Å². The van der Waals surface area contributed by atoms with Crippen molar-refractivity contribution >= 4 is 45.1 Å². The van der Waals surface area contributed by atoms with E-state index in [4.69, 9.17) is 11.5 Å². The molecule has 1 heterocycles. The number of ketones is 3. The van der Waals surface area contributed by atoms with Crippen molar-refractivity contribution in [2.24, 2.45) is 34.2 Å². The van der Waals surface area contributed by atoms with Crippen LogP contribution in [0.1, 0.15) is 81.0 Å². The molecule has 1 amide bonds. The SMILES string of the molecule is NC(N)=NCCC[C@H](CC(=O)[C@@H]1CCCN1C(=O)[C@@H](CC(=O)c1ccc(Br)cc1)C1CCCCC1)C(=O)CF. The molecular weight excluding hydrogens is 567 g/mol. The second kappa shape index (κ2) is 15.2. The van der Waals surface area contributed by atoms with Gasteiger partial charge in [0, 0.05) is 47.8 Å². The zero-order chi connectivity index (χ0) is 28.4. The van der Waals surface area contributed by atoms with E-state index in [1.807, 2.05) is 12.1 Å². The van der Waals surface area contributed by atoms with E-state index in [9.17, 15) is 23.6 Å². The highest BCUT2D eigenvalue weighted by Gasteiger charge is 2.41. The van der Waals surface area contributed by atoms with Crippen LogP contribution in [-0.4, -0.2) is 59.9 Å². The van der Waals surface area contributed by atoms with Crippen LogP contribution in [0.15, 0.2) is 33.7 Å². The van der Waals surface area contributed by atoms with Crippen LogP contribution < -0.4 is 11.5 Å². The largest absolute Gasteiger partial charge is 0.370 e. The van der Waals surface area contributed by atoms with Gasteiger partial charge in [0.25, 0.3) is 0 Å². The Morgan fingerprint density at radius 2 is 1.69 bits per heavy atom. The standard InChI is InChI=1S/C29H40BrFN4O4/c30-22-12-10-20(11-13-22)25(36)17-23(19-6-2-1-3-7-19)28(39)35-15-5-9-24(35)26(37)16-21(27(38)18-31)8-4-14-34-29(32)33/h10-13,19,21,23-24H,1-9,14-18H2,(H4,32,33,34)/t21-,23+,24+/m1/s1. The van der Waals surface area contributed by atoms with Crippen molar-refractivity contribution in [3.8, 4) is 0 Å². The molecule has 0 bridgehead atoms. The molecule has 214 valence electrons. The first kappa shape index (κ1) is 30.9. The summed E-state index contributed by atoms with van der Waals surface area (Å²) in [6.07, 6.45) is 6.84. The minimum Gasteiger partial charge on any atom is -0.370 e. The quantitative estimate of drug-likeness (QED) is 0.140. The number of carbonyl (C=O) groups excluding carboxylic acids is 4. The van der Waals surface area contributed by atoms with Crippen LogP contribution in [0.25, 0.3) is 0 Å². The fourth-order valence-electron chi connectivity index (χ4n) is 5.93. The number of benzene rings is 1. The summed E-state index contributed by atoms with van der Waals surface area (Å²) in [4.78, 5) is 58.4. The predicted octanol–water partition coefficient (Wildman–Crippen LogP) is 4.38. The Balaban J connectivity index is 1.73. The molecule has 1 aliphatic carbocycles. The summed E-state index contributed by atoms with van der Waals surface area (Å²) in [5.41, 5.74) is 11.2. The lowest BCUT2D eigenvalue weighted by atomic mass is 9.76. The van der Waals surface area contributed by atoms with E-state index in [0.717, 1.165) is 36.6 Å². The summed E-state index contributed by atoms with van der Waals surface area (Å²) >= 11 is 3.39. The summed E-state index contributed by atoms with van der Waals surface area (Å²) in [6.45, 7) is -0.414. The number of halogens is 2. The van der Waals surface area contributed by atoms with Gasteiger partial charge in [0.1, 0.15) is 6.67 Å². The molecule has 10 heteroatoms. The molecule has 1 aromatic rings. The number of nitrogens with two attached hydrogens (primary N) is 2. The number of amides is 1. The smallest absolute Gasteiger partial charge is 0.227 e. The molecule has 3 rings (SSSR count). The van der Waals surface area contributed by atoms with Gasteiger partial charge in [-0.1, -0.05) is 47.3 Å². The molecular formula is C29H40BrFN4O4. The van der Waals surface area contributed by atoms with Crippen LogP contribution in [0.4, 0.5) is 4.39 Å². The highest BCUT2D eigenvalue weighted by molar-refractivity contribution is 9.10. The molecule has 39 heavy (non-hydrogen) atoms. The fourth-order valence-corrected chi connectivity index (χ4v) is 6.20. The van der Waals surface area contributed by atoms with Gasteiger partial charge in [-0.3, -0.25) is 24.2 Å². The Labute approximate surface area is 238 Å². The molecule has 0 aromatic heterocycles. The average Bonchev–Trinajstić information content (AvgIpc) is 3.43. The highest BCUT2D eigenvalue weighted by Crippen LogP contribution is 2.36. The number of rotatable bonds is 14. The van der Waals surface area contributed by atoms with Crippen LogP contribution in [-0.2, 0) is 14.4 Å². The first-order chi connectivity index (χ1) is 18.7. The van der Waals surface area contributed by atoms with Gasteiger partial charge in [0.15, 0.2) is 23.3 Å². The number of carbonyl (C=O) groups is 4. The molecule has 1 aromatic carbocycles. The number of guanidine groups is 1. The van der Waals surface area contributed by atoms with Gasteiger partial charge in [-0.05, 0) is 56.6 Å². The maximum atomic E-state index is 14.0. The Hall–Kier alpha value is -2.62. The summed E-state index contributed by atoms with van der Waals surface area (Å²) in [7, 11) is 0. The van der Waals surface area contributed by atoms with Crippen molar-refractivity contribution in [1.82, 2.24) is 4.90 Å². The van der Waals surface area contributed by atoms with Crippen molar-refractivity contribution in [3.05, 3.63) is 34.3 Å². The third-order valence-electron chi connectivity index (χ3n) is 8.05. The maximum absolute atomic E-state index is 14.0. The molecule has 8 nitrogen and oxygen atoms in total. The van der Waals surface area contributed by atoms with E-state index in [1.54, 1.807) is 17.0 Å². The van der Waals surface area contributed by atoms with Gasteiger partial charge in [0.05, 0.1) is 6.04 Å². The minimum atomic E-state index is -1.14. The van der Waals surface area contributed by atoms with Gasteiger partial charge < -0.3 is 16.4 Å². The summed E-state index contributed by atoms with van der Waals surface area (Å²) < 4.78 is 14.1. The monoisotopic (exact) mass is 606 g/mol. The number of hydrogen-bond donors (Lipinski definition) is 2. The van der Waals surface area contributed by atoms with Crippen LogP contribution in [0.3, 0.4) is 0 Å². The predicted molar refractivity (Wildman–Crippen MR) is 152 cm³/mol. The van der Waals surface area contributed by atoms with E-state index in [2.05, 4.69) is 20.9 Å². The van der Waals surface area contributed by atoms with E-state index in [0.29, 0.717) is 37.8 Å². The van der Waals surface area contributed by atoms with Crippen molar-refractivity contribution in [3.63, 3.8) is 0 Å². The van der Waals surface area contributed by atoms with Crippen molar-refractivity contribution in [2.45, 2.75) is 76.7 Å². The first-order valence-electron chi connectivity index (χ1n) is 14.0. The Morgan fingerprint density at radius 3 is 2.33 bits per heavy atom. The van der Waals surface area contributed by atoms with Crippen LogP contribution in [0, 0.1) is 17.8 Å². The number of nitrogens with zero attached hydrogens (tertiary/aromatic N) is 2. The molecule has 2 fully saturated rings. The molecule has 2 aliphatic rings. The molecule has 4 N–H and O–H groups in total. The number of aliphatic imine (C=N–C) groups is 1. The highest BCUT2D eigenvalue weighted by atomic mass is 79.9. The zero-order valence-electron chi connectivity index (χ0n) is 22.5. The third-order valence-corrected chi connectivity index (χ3v) is 8.58. The summed E-state index contributed by atoms with van der Waals surface area (Å²) in [6, 6.07) is 6.48. The van der Waals surface area contributed by atoms with Gasteiger partial charge in [-0.15, -0.1) is 0 Å². The van der Waals surface area contributed by atoms with Crippen molar-refractivity contribution < 1.29 is 23.6 Å². The number of hydrogen-bond acceptors (Lipinski definition) is 5. The maximum Gasteiger partial charge on any atom is 0.227 e. The van der Waals surface area contributed by atoms with Crippen LogP contribution >= 0.6 is 15.9 Å². The zero-order valence-corrected chi connectivity index (χ0v) is 24.0. The summed E-state index contributed by atoms with van der Waals surface area (Å²) in [5.74, 6) is -2.31. The molecule has 1 aliphatic heterocycles. The Morgan fingerprint density at radius 1 is 1.00 bits per heavy atom. The van der Waals surface area contributed by atoms with E-state index >= 15 is 0 Å². The van der Waals surface area contributed by atoms with Gasteiger partial charge in [-0.25, -0.2) is 4.39 Å². The second-order valence-corrected chi connectivity index (χ2v) is 11.7. The molecule has 0 unspecified atom stereocenters. The number of likely N-dealkylation sites (tertiary alicyclic amines) is 1. The second-order valence-electron chi connectivity index (χ2n) is 10.7. The van der Waals surface area contributed by atoms with Gasteiger partial charge in [-0.2, -0.15) is 0 Å². The molecule has 1 saturated carbocycles. The number of alkyl halides is 1. The lowest BCUT2D eigenvalue weighted by Gasteiger charge is -2.34. The topological polar surface area (TPSA) is 136 Å². The van der Waals surface area contributed by atoms with E-state index in [-0.39, 0.29) is 48.7 Å². The summed E-state index contributed by atoms with van der Waals surface area (Å²) in [5, 5.41) is 0. The van der Waals surface area contributed by atoms with E-state index in [1.165, 1.54) is 0 Å². The van der Waals surface area contributed by atoms with Gasteiger partial charge >= 0.3 is 0 Å². The fraction of sp³-hybridized carbons (Fsp3) is 0.621. The Kier molecular flexibility index (Phi) is 12.1. The normalized spacial score (nSPS) is 19.3.